The van der Waals surface area contributed by atoms with Gasteiger partial charge in [0.2, 0.25) is 0 Å². The van der Waals surface area contributed by atoms with Crippen LogP contribution in [0.3, 0.4) is 0 Å². The van der Waals surface area contributed by atoms with Crippen molar-refractivity contribution in [3.63, 3.8) is 0 Å². The molecule has 94 valence electrons. The fourth-order valence-corrected chi connectivity index (χ4v) is 1.85. The summed E-state index contributed by atoms with van der Waals surface area (Å²) in [6.45, 7) is 8.79. The Morgan fingerprint density at radius 2 is 2.19 bits per heavy atom. The first-order valence-electron chi connectivity index (χ1n) is 5.64. The Bertz CT molecular complexity index is 238. The first-order valence-corrected chi connectivity index (χ1v) is 5.64. The van der Waals surface area contributed by atoms with Crippen LogP contribution in [-0.2, 0) is 14.3 Å². The minimum absolute atomic E-state index is 0.218. The van der Waals surface area contributed by atoms with Gasteiger partial charge in [-0.05, 0) is 20.8 Å². The van der Waals surface area contributed by atoms with E-state index in [-0.39, 0.29) is 12.2 Å². The van der Waals surface area contributed by atoms with E-state index in [0.717, 1.165) is 19.7 Å². The number of aliphatic carboxylic acids is 1. The summed E-state index contributed by atoms with van der Waals surface area (Å²) in [7, 11) is 0. The summed E-state index contributed by atoms with van der Waals surface area (Å²) < 4.78 is 10.7. The van der Waals surface area contributed by atoms with Gasteiger partial charge in [0.25, 0.3) is 0 Å². The molecule has 1 heterocycles. The summed E-state index contributed by atoms with van der Waals surface area (Å²) in [5.41, 5.74) is -0.307. The van der Waals surface area contributed by atoms with Gasteiger partial charge >= 0.3 is 5.97 Å². The van der Waals surface area contributed by atoms with E-state index in [9.17, 15) is 4.79 Å². The zero-order chi connectivity index (χ0) is 12.2. The van der Waals surface area contributed by atoms with Gasteiger partial charge in [-0.25, -0.2) is 4.79 Å². The van der Waals surface area contributed by atoms with E-state index in [4.69, 9.17) is 14.6 Å². The maximum Gasteiger partial charge on any atom is 0.329 e. The van der Waals surface area contributed by atoms with Crippen LogP contribution in [0.4, 0.5) is 0 Å². The maximum atomic E-state index is 10.4. The lowest BCUT2D eigenvalue weighted by atomic mass is 9.94. The van der Waals surface area contributed by atoms with Gasteiger partial charge in [-0.2, -0.15) is 0 Å². The Kier molecular flexibility index (Phi) is 4.70. The molecule has 5 nitrogen and oxygen atoms in total. The second-order valence-corrected chi connectivity index (χ2v) is 4.55. The third kappa shape index (κ3) is 3.73. The molecule has 0 aliphatic carbocycles. The number of likely N-dealkylation sites (tertiary alicyclic amines) is 1. The molecule has 0 aromatic carbocycles. The third-order valence-electron chi connectivity index (χ3n) is 2.81. The molecule has 1 N–H and O–H groups in total. The van der Waals surface area contributed by atoms with Crippen molar-refractivity contribution >= 4 is 5.97 Å². The van der Waals surface area contributed by atoms with Crippen LogP contribution < -0.4 is 0 Å². The highest BCUT2D eigenvalue weighted by Gasteiger charge is 2.42. The van der Waals surface area contributed by atoms with Crippen molar-refractivity contribution in [2.45, 2.75) is 32.4 Å². The van der Waals surface area contributed by atoms with Gasteiger partial charge in [0, 0.05) is 25.7 Å². The van der Waals surface area contributed by atoms with Crippen LogP contribution in [0.2, 0.25) is 0 Å². The van der Waals surface area contributed by atoms with Crippen molar-refractivity contribution in [1.29, 1.82) is 0 Å². The van der Waals surface area contributed by atoms with E-state index in [1.807, 2.05) is 13.8 Å². The van der Waals surface area contributed by atoms with Crippen LogP contribution in [0, 0.1) is 0 Å². The molecule has 1 unspecified atom stereocenters. The predicted molar refractivity (Wildman–Crippen MR) is 59.5 cm³/mol. The summed E-state index contributed by atoms with van der Waals surface area (Å²) in [6, 6.07) is 0.362. The van der Waals surface area contributed by atoms with Crippen molar-refractivity contribution in [2.75, 3.05) is 32.9 Å². The Morgan fingerprint density at radius 3 is 2.69 bits per heavy atom. The molecule has 0 spiro atoms. The molecule has 1 saturated heterocycles. The number of ether oxygens (including phenoxy) is 2. The van der Waals surface area contributed by atoms with E-state index in [1.165, 1.54) is 0 Å². The molecule has 0 aromatic heterocycles. The van der Waals surface area contributed by atoms with Crippen molar-refractivity contribution < 1.29 is 19.4 Å². The minimum Gasteiger partial charge on any atom is -0.480 e. The Balaban J connectivity index is 2.21. The summed E-state index contributed by atoms with van der Waals surface area (Å²) in [6.07, 6.45) is 0. The first-order chi connectivity index (χ1) is 7.47. The monoisotopic (exact) mass is 231 g/mol. The number of rotatable bonds is 7. The van der Waals surface area contributed by atoms with Crippen LogP contribution in [0.5, 0.6) is 0 Å². The van der Waals surface area contributed by atoms with Gasteiger partial charge in [0.15, 0.2) is 0 Å². The zero-order valence-corrected chi connectivity index (χ0v) is 10.2. The molecule has 1 aliphatic rings. The summed E-state index contributed by atoms with van der Waals surface area (Å²) >= 11 is 0. The van der Waals surface area contributed by atoms with Crippen molar-refractivity contribution in [1.82, 2.24) is 4.90 Å². The van der Waals surface area contributed by atoms with Gasteiger partial charge in [0.05, 0.1) is 12.2 Å². The molecule has 5 heteroatoms. The minimum atomic E-state index is -0.915. The van der Waals surface area contributed by atoms with Crippen molar-refractivity contribution in [3.8, 4) is 0 Å². The molecule has 0 saturated carbocycles. The number of nitrogens with zero attached hydrogens (tertiary/aromatic N) is 1. The summed E-state index contributed by atoms with van der Waals surface area (Å²) in [5.74, 6) is -0.915. The van der Waals surface area contributed by atoms with Crippen molar-refractivity contribution in [3.05, 3.63) is 0 Å². The number of carboxylic acid groups (broad SMARTS) is 1. The molecule has 1 fully saturated rings. The lowest BCUT2D eigenvalue weighted by molar-refractivity contribution is -0.171. The van der Waals surface area contributed by atoms with Crippen LogP contribution in [0.15, 0.2) is 0 Å². The molecule has 0 amide bonds. The smallest absolute Gasteiger partial charge is 0.329 e. The molecule has 1 rings (SSSR count). The number of carbonyl (C=O) groups is 1. The fourth-order valence-electron chi connectivity index (χ4n) is 1.85. The van der Waals surface area contributed by atoms with Crippen LogP contribution in [-0.4, -0.2) is 60.5 Å². The van der Waals surface area contributed by atoms with Crippen LogP contribution in [0.25, 0.3) is 0 Å². The van der Waals surface area contributed by atoms with Gasteiger partial charge in [-0.15, -0.1) is 0 Å². The molecule has 1 aliphatic heterocycles. The third-order valence-corrected chi connectivity index (χ3v) is 2.81. The summed E-state index contributed by atoms with van der Waals surface area (Å²) in [4.78, 5) is 12.6. The molecular weight excluding hydrogens is 210 g/mol. The largest absolute Gasteiger partial charge is 0.480 e. The normalized spacial score (nSPS) is 21.4. The Labute approximate surface area is 96.3 Å². The highest BCUT2D eigenvalue weighted by molar-refractivity contribution is 5.68. The number of hydrogen-bond acceptors (Lipinski definition) is 4. The molecule has 1 atom stereocenters. The second kappa shape index (κ2) is 5.61. The molecule has 0 bridgehead atoms. The van der Waals surface area contributed by atoms with Crippen molar-refractivity contribution in [2.24, 2.45) is 0 Å². The highest BCUT2D eigenvalue weighted by Crippen LogP contribution is 2.26. The van der Waals surface area contributed by atoms with E-state index in [1.54, 1.807) is 0 Å². The molecule has 16 heavy (non-hydrogen) atoms. The van der Waals surface area contributed by atoms with E-state index in [2.05, 4.69) is 11.8 Å². The molecule has 0 radical (unpaired) electrons. The van der Waals surface area contributed by atoms with Crippen LogP contribution >= 0.6 is 0 Å². The Hall–Kier alpha value is -0.650. The maximum absolute atomic E-state index is 10.4. The molecule has 0 aromatic rings. The lowest BCUT2D eigenvalue weighted by Gasteiger charge is -2.50. The SMILES string of the molecule is CCOCC(C)N1CC(C)(OCC(=O)O)C1. The van der Waals surface area contributed by atoms with Gasteiger partial charge in [-0.3, -0.25) is 4.90 Å². The standard InChI is InChI=1S/C11H21NO4/c1-4-15-5-9(2)12-7-11(3,8-12)16-6-10(13)14/h9H,4-8H2,1-3H3,(H,13,14). The average molecular weight is 231 g/mol. The summed E-state index contributed by atoms with van der Waals surface area (Å²) in [5, 5.41) is 8.53. The van der Waals surface area contributed by atoms with E-state index >= 15 is 0 Å². The lowest BCUT2D eigenvalue weighted by Crippen LogP contribution is -2.64. The Morgan fingerprint density at radius 1 is 1.56 bits per heavy atom. The van der Waals surface area contributed by atoms with Gasteiger partial charge in [-0.1, -0.05) is 0 Å². The second-order valence-electron chi connectivity index (χ2n) is 4.55. The average Bonchev–Trinajstić information content (AvgIpc) is 2.19. The quantitative estimate of drug-likeness (QED) is 0.695. The number of hydrogen-bond donors (Lipinski definition) is 1. The molecular formula is C11H21NO4. The predicted octanol–water partition coefficient (Wildman–Crippen LogP) is 0.587. The highest BCUT2D eigenvalue weighted by atomic mass is 16.5. The number of carboxylic acids is 1. The fraction of sp³-hybridized carbons (Fsp3) is 0.909. The van der Waals surface area contributed by atoms with Gasteiger partial charge < -0.3 is 14.6 Å². The van der Waals surface area contributed by atoms with E-state index < -0.39 is 5.97 Å². The van der Waals surface area contributed by atoms with Crippen LogP contribution in [0.1, 0.15) is 20.8 Å². The topological polar surface area (TPSA) is 59.0 Å². The first kappa shape index (κ1) is 13.4. The van der Waals surface area contributed by atoms with E-state index in [0.29, 0.717) is 12.6 Å². The zero-order valence-electron chi connectivity index (χ0n) is 10.2. The van der Waals surface area contributed by atoms with Gasteiger partial charge in [0.1, 0.15) is 6.61 Å².